The van der Waals surface area contributed by atoms with Crippen molar-refractivity contribution in [1.29, 1.82) is 0 Å². The lowest BCUT2D eigenvalue weighted by Crippen LogP contribution is -2.26. The first kappa shape index (κ1) is 21.0. The number of nitrogens with zero attached hydrogens (tertiary/aromatic N) is 3. The summed E-state index contributed by atoms with van der Waals surface area (Å²) in [5.41, 5.74) is 7.63. The van der Waals surface area contributed by atoms with Gasteiger partial charge in [0, 0.05) is 23.4 Å². The van der Waals surface area contributed by atoms with Crippen molar-refractivity contribution in [2.45, 2.75) is 26.9 Å². The van der Waals surface area contributed by atoms with Gasteiger partial charge in [0.1, 0.15) is 17.7 Å². The van der Waals surface area contributed by atoms with Gasteiger partial charge in [0.25, 0.3) is 5.69 Å². The minimum atomic E-state index is -0.492. The predicted octanol–water partition coefficient (Wildman–Crippen LogP) is 6.80. The molecular weight excluding hydrogens is 440 g/mol. The van der Waals surface area contributed by atoms with E-state index in [4.69, 9.17) is 21.4 Å². The zero-order chi connectivity index (χ0) is 23.3. The van der Waals surface area contributed by atoms with Crippen LogP contribution in [0.5, 0.6) is 11.5 Å². The van der Waals surface area contributed by atoms with E-state index in [9.17, 15) is 10.1 Å². The highest BCUT2D eigenvalue weighted by molar-refractivity contribution is 6.32. The van der Waals surface area contributed by atoms with Gasteiger partial charge in [0.15, 0.2) is 0 Å². The molecule has 4 aromatic rings. The third-order valence-corrected chi connectivity index (χ3v) is 5.98. The SMILES string of the molecule is Cc1cc(C)c2c(c1)-c1cc(C)nn1C(c1ccc(Oc3ccc([N+](=O)[O-])cc3Cl)cc1)N2. The number of hydrogen-bond acceptors (Lipinski definition) is 5. The molecule has 1 aromatic heterocycles. The number of hydrogen-bond donors (Lipinski definition) is 1. The number of rotatable bonds is 4. The Labute approximate surface area is 195 Å². The zero-order valence-corrected chi connectivity index (χ0v) is 19.1. The van der Waals surface area contributed by atoms with Crippen LogP contribution in [0, 0.1) is 30.9 Å². The first-order valence-corrected chi connectivity index (χ1v) is 10.8. The van der Waals surface area contributed by atoms with E-state index in [0.29, 0.717) is 11.5 Å². The maximum absolute atomic E-state index is 10.9. The van der Waals surface area contributed by atoms with Crippen molar-refractivity contribution in [1.82, 2.24) is 9.78 Å². The Morgan fingerprint density at radius 2 is 1.82 bits per heavy atom. The smallest absolute Gasteiger partial charge is 0.271 e. The van der Waals surface area contributed by atoms with E-state index in [1.807, 2.05) is 35.9 Å². The number of nitrogens with one attached hydrogen (secondary N) is 1. The maximum atomic E-state index is 10.9. The summed E-state index contributed by atoms with van der Waals surface area (Å²) in [5.74, 6) is 0.935. The summed E-state index contributed by atoms with van der Waals surface area (Å²) in [6.45, 7) is 6.21. The Kier molecular flexibility index (Phi) is 5.06. The molecule has 2 heterocycles. The number of halogens is 1. The van der Waals surface area contributed by atoms with Gasteiger partial charge < -0.3 is 10.1 Å². The molecule has 3 aromatic carbocycles. The number of anilines is 1. The fourth-order valence-corrected chi connectivity index (χ4v) is 4.44. The van der Waals surface area contributed by atoms with Crippen molar-refractivity contribution in [3.8, 4) is 22.8 Å². The lowest BCUT2D eigenvalue weighted by Gasteiger charge is -2.30. The summed E-state index contributed by atoms with van der Waals surface area (Å²) in [4.78, 5) is 10.4. The van der Waals surface area contributed by atoms with Gasteiger partial charge in [-0.25, -0.2) is 4.68 Å². The Bertz CT molecular complexity index is 1400. The van der Waals surface area contributed by atoms with Crippen molar-refractivity contribution < 1.29 is 9.66 Å². The molecule has 1 atom stereocenters. The van der Waals surface area contributed by atoms with Crippen LogP contribution in [0.2, 0.25) is 5.02 Å². The van der Waals surface area contributed by atoms with Crippen LogP contribution >= 0.6 is 11.6 Å². The first-order valence-electron chi connectivity index (χ1n) is 10.5. The average Bonchev–Trinajstić information content (AvgIpc) is 3.17. The van der Waals surface area contributed by atoms with Crippen LogP contribution < -0.4 is 10.1 Å². The average molecular weight is 461 g/mol. The molecule has 5 rings (SSSR count). The Morgan fingerprint density at radius 1 is 1.06 bits per heavy atom. The Hall–Kier alpha value is -3.84. The highest BCUT2D eigenvalue weighted by atomic mass is 35.5. The van der Waals surface area contributed by atoms with Gasteiger partial charge in [0.05, 0.1) is 21.3 Å². The third-order valence-electron chi connectivity index (χ3n) is 5.69. The van der Waals surface area contributed by atoms with E-state index >= 15 is 0 Å². The highest BCUT2D eigenvalue weighted by Crippen LogP contribution is 2.41. The third kappa shape index (κ3) is 3.81. The van der Waals surface area contributed by atoms with Crippen LogP contribution in [0.15, 0.2) is 60.7 Å². The summed E-state index contributed by atoms with van der Waals surface area (Å²) in [6, 6.07) is 18.3. The number of ether oxygens (including phenoxy) is 1. The fraction of sp³-hybridized carbons (Fsp3) is 0.160. The summed E-state index contributed by atoms with van der Waals surface area (Å²) >= 11 is 6.16. The number of non-ortho nitro benzene ring substituents is 1. The van der Waals surface area contributed by atoms with Crippen LogP contribution in [0.4, 0.5) is 11.4 Å². The number of benzene rings is 3. The van der Waals surface area contributed by atoms with E-state index in [-0.39, 0.29) is 16.9 Å². The number of fused-ring (bicyclic) bond motifs is 3. The molecule has 0 saturated carbocycles. The molecule has 7 nitrogen and oxygen atoms in total. The minimum absolute atomic E-state index is 0.0813. The maximum Gasteiger partial charge on any atom is 0.271 e. The number of nitro benzene ring substituents is 1. The molecular formula is C25H21ClN4O3. The first-order chi connectivity index (χ1) is 15.8. The second kappa shape index (κ2) is 7.94. The Balaban J connectivity index is 1.45. The predicted molar refractivity (Wildman–Crippen MR) is 128 cm³/mol. The van der Waals surface area contributed by atoms with Crippen molar-refractivity contribution in [3.63, 3.8) is 0 Å². The molecule has 166 valence electrons. The van der Waals surface area contributed by atoms with Gasteiger partial charge in [-0.1, -0.05) is 35.4 Å². The van der Waals surface area contributed by atoms with Crippen LogP contribution in [0.25, 0.3) is 11.3 Å². The largest absolute Gasteiger partial charge is 0.456 e. The van der Waals surface area contributed by atoms with E-state index in [1.165, 1.54) is 29.3 Å². The van der Waals surface area contributed by atoms with Gasteiger partial charge in [-0.05, 0) is 62.2 Å². The molecule has 0 bridgehead atoms. The summed E-state index contributed by atoms with van der Waals surface area (Å²) in [6.07, 6.45) is -0.167. The number of aryl methyl sites for hydroxylation is 3. The molecule has 33 heavy (non-hydrogen) atoms. The topological polar surface area (TPSA) is 82.2 Å². The van der Waals surface area contributed by atoms with Gasteiger partial charge >= 0.3 is 0 Å². The molecule has 1 aliphatic rings. The van der Waals surface area contributed by atoms with Gasteiger partial charge in [-0.2, -0.15) is 5.10 Å². The monoisotopic (exact) mass is 460 g/mol. The van der Waals surface area contributed by atoms with E-state index < -0.39 is 4.92 Å². The Morgan fingerprint density at radius 3 is 2.52 bits per heavy atom. The molecule has 0 fully saturated rings. The van der Waals surface area contributed by atoms with E-state index in [0.717, 1.165) is 28.2 Å². The molecule has 0 spiro atoms. The lowest BCUT2D eigenvalue weighted by molar-refractivity contribution is -0.384. The van der Waals surface area contributed by atoms with Crippen LogP contribution in [-0.2, 0) is 0 Å². The standard InChI is InChI=1S/C25H21ClN4O3/c1-14-10-15(2)24-20(11-14)22-12-16(3)28-29(22)25(27-24)17-4-7-19(8-5-17)33-23-9-6-18(30(31)32)13-21(23)26/h4-13,25,27H,1-3H3. The van der Waals surface area contributed by atoms with Gasteiger partial charge in [-0.3, -0.25) is 10.1 Å². The van der Waals surface area contributed by atoms with Crippen LogP contribution in [0.3, 0.4) is 0 Å². The normalized spacial score (nSPS) is 14.2. The summed E-state index contributed by atoms with van der Waals surface area (Å²) < 4.78 is 7.86. The molecule has 0 aliphatic carbocycles. The van der Waals surface area contributed by atoms with Gasteiger partial charge in [-0.15, -0.1) is 0 Å². The second-order valence-electron chi connectivity index (χ2n) is 8.21. The molecule has 0 radical (unpaired) electrons. The molecule has 1 unspecified atom stereocenters. The van der Waals surface area contributed by atoms with Crippen LogP contribution in [-0.4, -0.2) is 14.7 Å². The lowest BCUT2D eigenvalue weighted by atomic mass is 9.98. The van der Waals surface area contributed by atoms with Crippen LogP contribution in [0.1, 0.15) is 28.6 Å². The number of nitro groups is 1. The zero-order valence-electron chi connectivity index (χ0n) is 18.3. The molecule has 0 saturated heterocycles. The van der Waals surface area contributed by atoms with Crippen molar-refractivity contribution >= 4 is 23.0 Å². The quantitative estimate of drug-likeness (QED) is 0.267. The second-order valence-corrected chi connectivity index (χ2v) is 8.62. The highest BCUT2D eigenvalue weighted by Gasteiger charge is 2.27. The minimum Gasteiger partial charge on any atom is -0.456 e. The molecule has 8 heteroatoms. The summed E-state index contributed by atoms with van der Waals surface area (Å²) in [7, 11) is 0. The van der Waals surface area contributed by atoms with Crippen molar-refractivity contribution in [2.75, 3.05) is 5.32 Å². The van der Waals surface area contributed by atoms with Crippen molar-refractivity contribution in [2.24, 2.45) is 0 Å². The molecule has 1 N–H and O–H groups in total. The summed E-state index contributed by atoms with van der Waals surface area (Å²) in [5, 5.41) is 19.5. The van der Waals surface area contributed by atoms with Crippen molar-refractivity contribution in [3.05, 3.63) is 98.2 Å². The molecule has 1 aliphatic heterocycles. The van der Waals surface area contributed by atoms with Gasteiger partial charge in [0.2, 0.25) is 0 Å². The number of aromatic nitrogens is 2. The molecule has 0 amide bonds. The van der Waals surface area contributed by atoms with E-state index in [1.54, 1.807) is 0 Å². The fourth-order valence-electron chi connectivity index (χ4n) is 4.23. The van der Waals surface area contributed by atoms with E-state index in [2.05, 4.69) is 37.4 Å².